The summed E-state index contributed by atoms with van der Waals surface area (Å²) < 4.78 is 21.3. The molecule has 20 heavy (non-hydrogen) atoms. The predicted octanol–water partition coefficient (Wildman–Crippen LogP) is 3.79. The van der Waals surface area contributed by atoms with Gasteiger partial charge in [0.1, 0.15) is 11.6 Å². The van der Waals surface area contributed by atoms with Crippen LogP contribution in [0.4, 0.5) is 4.39 Å². The third-order valence-electron chi connectivity index (χ3n) is 3.60. The molecule has 1 atom stereocenters. The molecular weight excluding hydrogens is 302 g/mol. The van der Waals surface area contributed by atoms with E-state index in [1.165, 1.54) is 6.07 Å². The van der Waals surface area contributed by atoms with Crippen molar-refractivity contribution in [1.29, 1.82) is 0 Å². The normalized spacial score (nSPS) is 19.1. The van der Waals surface area contributed by atoms with Crippen LogP contribution in [0.25, 0.3) is 11.0 Å². The second kappa shape index (κ2) is 5.88. The highest BCUT2D eigenvalue weighted by Crippen LogP contribution is 2.26. The van der Waals surface area contributed by atoms with Crippen LogP contribution in [0, 0.1) is 5.82 Å². The lowest BCUT2D eigenvalue weighted by Gasteiger charge is -2.14. The van der Waals surface area contributed by atoms with Gasteiger partial charge in [0.25, 0.3) is 0 Å². The van der Waals surface area contributed by atoms with Gasteiger partial charge in [-0.15, -0.1) is 11.6 Å². The first-order valence-corrected chi connectivity index (χ1v) is 7.62. The number of nitrogens with zero attached hydrogens (tertiary/aromatic N) is 2. The van der Waals surface area contributed by atoms with Crippen LogP contribution >= 0.6 is 23.2 Å². The number of aromatic nitrogens is 2. The zero-order valence-electron chi connectivity index (χ0n) is 10.9. The molecule has 1 unspecified atom stereocenters. The molecule has 0 radical (unpaired) electrons. The highest BCUT2D eigenvalue weighted by atomic mass is 35.5. The lowest BCUT2D eigenvalue weighted by Crippen LogP contribution is -2.17. The average Bonchev–Trinajstić information content (AvgIpc) is 3.02. The molecule has 1 fully saturated rings. The molecule has 6 heteroatoms. The standard InChI is InChI=1S/C14H15Cl2FN2O/c15-4-3-14-18-12-7-11(17)10(16)6-13(12)19(14)8-9-2-1-5-20-9/h6-7,9H,1-5,8H2. The van der Waals surface area contributed by atoms with Gasteiger partial charge in [-0.05, 0) is 18.9 Å². The molecule has 1 aromatic heterocycles. The lowest BCUT2D eigenvalue weighted by atomic mass is 10.2. The van der Waals surface area contributed by atoms with Crippen LogP contribution < -0.4 is 0 Å². The van der Waals surface area contributed by atoms with Crippen molar-refractivity contribution in [3.63, 3.8) is 0 Å². The number of aryl methyl sites for hydroxylation is 1. The zero-order chi connectivity index (χ0) is 14.1. The zero-order valence-corrected chi connectivity index (χ0v) is 12.4. The first-order chi connectivity index (χ1) is 9.69. The Morgan fingerprint density at radius 1 is 1.45 bits per heavy atom. The quantitative estimate of drug-likeness (QED) is 0.802. The Hall–Kier alpha value is -0.840. The van der Waals surface area contributed by atoms with E-state index in [0.29, 0.717) is 24.4 Å². The molecule has 0 saturated carbocycles. The van der Waals surface area contributed by atoms with Crippen molar-refractivity contribution < 1.29 is 9.13 Å². The van der Waals surface area contributed by atoms with Gasteiger partial charge >= 0.3 is 0 Å². The van der Waals surface area contributed by atoms with Crippen LogP contribution in [0.2, 0.25) is 5.02 Å². The molecular formula is C14H15Cl2FN2O. The fraction of sp³-hybridized carbons (Fsp3) is 0.500. The average molecular weight is 317 g/mol. The molecule has 3 rings (SSSR count). The molecule has 0 N–H and O–H groups in total. The molecule has 1 aliphatic heterocycles. The van der Waals surface area contributed by atoms with E-state index >= 15 is 0 Å². The third kappa shape index (κ3) is 2.65. The number of rotatable bonds is 4. The van der Waals surface area contributed by atoms with Crippen LogP contribution in [0.1, 0.15) is 18.7 Å². The predicted molar refractivity (Wildman–Crippen MR) is 78.1 cm³/mol. The molecule has 1 aliphatic rings. The van der Waals surface area contributed by atoms with Gasteiger partial charge < -0.3 is 9.30 Å². The number of hydrogen-bond acceptors (Lipinski definition) is 2. The van der Waals surface area contributed by atoms with Crippen molar-refractivity contribution in [1.82, 2.24) is 9.55 Å². The van der Waals surface area contributed by atoms with Gasteiger partial charge in [0, 0.05) is 25.0 Å². The van der Waals surface area contributed by atoms with Crippen LogP contribution in [0.15, 0.2) is 12.1 Å². The number of fused-ring (bicyclic) bond motifs is 1. The topological polar surface area (TPSA) is 27.1 Å². The maximum Gasteiger partial charge on any atom is 0.144 e. The second-order valence-electron chi connectivity index (χ2n) is 4.97. The summed E-state index contributed by atoms with van der Waals surface area (Å²) in [5.74, 6) is 0.885. The lowest BCUT2D eigenvalue weighted by molar-refractivity contribution is 0.0972. The Kier molecular flexibility index (Phi) is 4.15. The minimum atomic E-state index is -0.446. The van der Waals surface area contributed by atoms with Gasteiger partial charge in [0.2, 0.25) is 0 Å². The number of hydrogen-bond donors (Lipinski definition) is 0. The first-order valence-electron chi connectivity index (χ1n) is 6.71. The third-order valence-corrected chi connectivity index (χ3v) is 4.08. The maximum absolute atomic E-state index is 13.5. The fourth-order valence-electron chi connectivity index (χ4n) is 2.64. The van der Waals surface area contributed by atoms with E-state index in [4.69, 9.17) is 27.9 Å². The Labute approximate surface area is 126 Å². The van der Waals surface area contributed by atoms with Gasteiger partial charge in [0.15, 0.2) is 0 Å². The summed E-state index contributed by atoms with van der Waals surface area (Å²) in [6.45, 7) is 1.52. The Morgan fingerprint density at radius 3 is 3.00 bits per heavy atom. The van der Waals surface area contributed by atoms with E-state index in [2.05, 4.69) is 9.55 Å². The Bertz CT molecular complexity index is 623. The Balaban J connectivity index is 2.04. The first kappa shape index (κ1) is 14.1. The molecule has 0 aliphatic carbocycles. The summed E-state index contributed by atoms with van der Waals surface area (Å²) in [6, 6.07) is 3.01. The van der Waals surface area contributed by atoms with Gasteiger partial charge in [0.05, 0.1) is 28.7 Å². The summed E-state index contributed by atoms with van der Waals surface area (Å²) in [5.41, 5.74) is 1.46. The van der Waals surface area contributed by atoms with E-state index in [-0.39, 0.29) is 11.1 Å². The molecule has 1 aromatic carbocycles. The summed E-state index contributed by atoms with van der Waals surface area (Å²) in [6.07, 6.45) is 2.94. The second-order valence-corrected chi connectivity index (χ2v) is 5.75. The number of alkyl halides is 1. The van der Waals surface area contributed by atoms with Crippen LogP contribution in [0.3, 0.4) is 0 Å². The molecule has 0 bridgehead atoms. The van der Waals surface area contributed by atoms with Gasteiger partial charge in [-0.1, -0.05) is 11.6 Å². The highest BCUT2D eigenvalue weighted by Gasteiger charge is 2.20. The van der Waals surface area contributed by atoms with Crippen molar-refractivity contribution in [3.05, 3.63) is 28.8 Å². The van der Waals surface area contributed by atoms with E-state index in [1.807, 2.05) is 0 Å². The van der Waals surface area contributed by atoms with Crippen molar-refractivity contribution in [2.75, 3.05) is 12.5 Å². The van der Waals surface area contributed by atoms with E-state index in [9.17, 15) is 4.39 Å². The van der Waals surface area contributed by atoms with Crippen LogP contribution in [-0.2, 0) is 17.7 Å². The maximum atomic E-state index is 13.5. The van der Waals surface area contributed by atoms with Crippen molar-refractivity contribution in [2.45, 2.75) is 31.9 Å². The number of imidazole rings is 1. The largest absolute Gasteiger partial charge is 0.376 e. The fourth-order valence-corrected chi connectivity index (χ4v) is 2.97. The van der Waals surface area contributed by atoms with Gasteiger partial charge in [-0.2, -0.15) is 0 Å². The van der Waals surface area contributed by atoms with Crippen LogP contribution in [-0.4, -0.2) is 28.1 Å². The number of ether oxygens (including phenoxy) is 1. The van der Waals surface area contributed by atoms with Crippen molar-refractivity contribution in [3.8, 4) is 0 Å². The molecule has 2 heterocycles. The number of benzene rings is 1. The highest BCUT2D eigenvalue weighted by molar-refractivity contribution is 6.31. The molecule has 2 aromatic rings. The molecule has 0 amide bonds. The monoisotopic (exact) mass is 316 g/mol. The van der Waals surface area contributed by atoms with E-state index in [1.54, 1.807) is 6.07 Å². The molecule has 108 valence electrons. The van der Waals surface area contributed by atoms with Gasteiger partial charge in [-0.3, -0.25) is 0 Å². The smallest absolute Gasteiger partial charge is 0.144 e. The number of halogens is 3. The summed E-state index contributed by atoms with van der Waals surface area (Å²) in [4.78, 5) is 4.47. The van der Waals surface area contributed by atoms with Crippen molar-refractivity contribution in [2.24, 2.45) is 0 Å². The van der Waals surface area contributed by atoms with E-state index < -0.39 is 5.82 Å². The summed E-state index contributed by atoms with van der Waals surface area (Å²) >= 11 is 11.7. The SMILES string of the molecule is Fc1cc2nc(CCCl)n(CC3CCCO3)c2cc1Cl. The molecule has 1 saturated heterocycles. The molecule has 0 spiro atoms. The molecule has 3 nitrogen and oxygen atoms in total. The summed E-state index contributed by atoms with van der Waals surface area (Å²) in [5, 5.41) is 0.114. The van der Waals surface area contributed by atoms with Gasteiger partial charge in [-0.25, -0.2) is 9.37 Å². The minimum absolute atomic E-state index is 0.114. The van der Waals surface area contributed by atoms with Crippen molar-refractivity contribution >= 4 is 34.2 Å². The minimum Gasteiger partial charge on any atom is -0.376 e. The van der Waals surface area contributed by atoms with Crippen LogP contribution in [0.5, 0.6) is 0 Å². The van der Waals surface area contributed by atoms with E-state index in [0.717, 1.165) is 30.8 Å². The summed E-state index contributed by atoms with van der Waals surface area (Å²) in [7, 11) is 0. The Morgan fingerprint density at radius 2 is 2.30 bits per heavy atom.